The topological polar surface area (TPSA) is 124 Å². The lowest BCUT2D eigenvalue weighted by Crippen LogP contribution is -2.57. The fraction of sp³-hybridized carbons (Fsp3) is 0.167. The molecule has 1 aromatic carbocycles. The van der Waals surface area contributed by atoms with Crippen molar-refractivity contribution >= 4 is 30.8 Å². The van der Waals surface area contributed by atoms with Gasteiger partial charge in [-0.2, -0.15) is 0 Å². The number of nitrogens with zero attached hydrogens (tertiary/aromatic N) is 3. The van der Waals surface area contributed by atoms with Crippen molar-refractivity contribution in [1.29, 1.82) is 0 Å². The van der Waals surface area contributed by atoms with E-state index in [-0.39, 0.29) is 42.2 Å². The minimum absolute atomic E-state index is 0.156. The van der Waals surface area contributed by atoms with Crippen LogP contribution in [0.2, 0.25) is 0 Å². The molecular formula is C18H15FN5O3P. The molecular weight excluding hydrogens is 384 g/mol. The number of halogens is 1. The lowest BCUT2D eigenvalue weighted by atomic mass is 10.1. The van der Waals surface area contributed by atoms with Gasteiger partial charge >= 0.3 is 8.18 Å². The first-order valence-electron chi connectivity index (χ1n) is 8.43. The molecule has 1 saturated heterocycles. The number of rotatable bonds is 4. The number of carbonyl (C=O) groups excluding carboxylic acids is 1. The van der Waals surface area contributed by atoms with Crippen molar-refractivity contribution in [2.24, 2.45) is 0 Å². The minimum atomic E-state index is -2.63. The van der Waals surface area contributed by atoms with Gasteiger partial charge in [-0.25, -0.2) is 14.4 Å². The van der Waals surface area contributed by atoms with Crippen LogP contribution in [0.25, 0.3) is 22.2 Å². The maximum atomic E-state index is 13.5. The Balaban J connectivity index is 1.64. The van der Waals surface area contributed by atoms with Gasteiger partial charge in [0.05, 0.1) is 30.4 Å². The lowest BCUT2D eigenvalue weighted by Gasteiger charge is -2.32. The van der Waals surface area contributed by atoms with E-state index in [2.05, 4.69) is 15.3 Å². The predicted octanol–water partition coefficient (Wildman–Crippen LogP) is 1.45. The largest absolute Gasteiger partial charge is 0.578 e. The minimum Gasteiger partial charge on any atom is -0.578 e. The van der Waals surface area contributed by atoms with E-state index in [9.17, 15) is 18.6 Å². The van der Waals surface area contributed by atoms with Gasteiger partial charge in [-0.3, -0.25) is 4.79 Å². The summed E-state index contributed by atoms with van der Waals surface area (Å²) in [7, 11) is -2.63. The van der Waals surface area contributed by atoms with Crippen molar-refractivity contribution in [1.82, 2.24) is 20.0 Å². The average molecular weight is 399 g/mol. The van der Waals surface area contributed by atoms with Gasteiger partial charge in [0.25, 0.3) is 5.91 Å². The highest BCUT2D eigenvalue weighted by molar-refractivity contribution is 7.33. The molecule has 142 valence electrons. The molecule has 1 aliphatic rings. The highest BCUT2D eigenvalue weighted by atomic mass is 31.1. The van der Waals surface area contributed by atoms with Crippen LogP contribution in [0.15, 0.2) is 42.6 Å². The highest BCUT2D eigenvalue weighted by Crippen LogP contribution is 2.27. The standard InChI is InChI=1S/C18H15FN5O3P/c19-11-3-1-2-10(6-11)15-5-4-13-14(7-21-17(20)16(13)23-15)18(25)22-12-8-24(9-12)28(26)27/h1-7,12H,8-9H2,(H2,20,21)(H,22,25). The lowest BCUT2D eigenvalue weighted by molar-refractivity contribution is -0.179. The van der Waals surface area contributed by atoms with Crippen molar-refractivity contribution in [2.75, 3.05) is 18.8 Å². The Morgan fingerprint density at radius 1 is 1.32 bits per heavy atom. The third kappa shape index (κ3) is 3.43. The van der Waals surface area contributed by atoms with E-state index in [0.29, 0.717) is 22.2 Å². The Kier molecular flexibility index (Phi) is 4.72. The summed E-state index contributed by atoms with van der Waals surface area (Å²) >= 11 is 0. The van der Waals surface area contributed by atoms with Crippen LogP contribution in [0.4, 0.5) is 10.2 Å². The van der Waals surface area contributed by atoms with E-state index in [1.807, 2.05) is 0 Å². The van der Waals surface area contributed by atoms with Gasteiger partial charge in [0.2, 0.25) is 0 Å². The SMILES string of the molecule is Nc1ncc(C(=O)NC2CN([P+](=O)[O-])C2)c2ccc(-c3cccc(F)c3)nc12. The summed E-state index contributed by atoms with van der Waals surface area (Å²) in [4.78, 5) is 32.0. The second kappa shape index (κ2) is 7.20. The van der Waals surface area contributed by atoms with Crippen molar-refractivity contribution in [3.8, 4) is 11.3 Å². The summed E-state index contributed by atoms with van der Waals surface area (Å²) < 4.78 is 25.6. The zero-order valence-corrected chi connectivity index (χ0v) is 15.4. The van der Waals surface area contributed by atoms with Gasteiger partial charge < -0.3 is 15.9 Å². The van der Waals surface area contributed by atoms with Crippen molar-refractivity contribution in [3.63, 3.8) is 0 Å². The number of anilines is 1. The number of pyridine rings is 2. The van der Waals surface area contributed by atoms with Crippen LogP contribution < -0.4 is 15.9 Å². The first-order chi connectivity index (χ1) is 13.4. The van der Waals surface area contributed by atoms with Gasteiger partial charge in [-0.05, 0) is 24.3 Å². The molecule has 8 nitrogen and oxygen atoms in total. The Morgan fingerprint density at radius 3 is 2.82 bits per heavy atom. The molecule has 3 N–H and O–H groups in total. The molecule has 0 bridgehead atoms. The fourth-order valence-electron chi connectivity index (χ4n) is 3.07. The number of benzene rings is 1. The number of aromatic nitrogens is 2. The fourth-order valence-corrected chi connectivity index (χ4v) is 3.73. The van der Waals surface area contributed by atoms with E-state index in [4.69, 9.17) is 5.73 Å². The second-order valence-corrected chi connectivity index (χ2v) is 7.48. The molecule has 28 heavy (non-hydrogen) atoms. The van der Waals surface area contributed by atoms with E-state index in [1.54, 1.807) is 24.3 Å². The smallest absolute Gasteiger partial charge is 0.411 e. The third-order valence-electron chi connectivity index (χ3n) is 4.55. The van der Waals surface area contributed by atoms with Crippen LogP contribution in [0.1, 0.15) is 10.4 Å². The summed E-state index contributed by atoms with van der Waals surface area (Å²) in [5.74, 6) is -0.612. The Labute approximate surface area is 160 Å². The van der Waals surface area contributed by atoms with Gasteiger partial charge in [-0.1, -0.05) is 21.4 Å². The normalized spacial score (nSPS) is 15.3. The number of nitrogens with two attached hydrogens (primary N) is 1. The molecule has 1 atom stereocenters. The number of nitrogens with one attached hydrogen (secondary N) is 1. The van der Waals surface area contributed by atoms with E-state index in [0.717, 1.165) is 0 Å². The molecule has 0 spiro atoms. The molecule has 0 radical (unpaired) electrons. The molecule has 1 aliphatic heterocycles. The number of hydrogen-bond acceptors (Lipinski definition) is 6. The summed E-state index contributed by atoms with van der Waals surface area (Å²) in [6.45, 7) is 0.486. The zero-order chi connectivity index (χ0) is 19.8. The molecule has 1 unspecified atom stereocenters. The number of carbonyl (C=O) groups is 1. The second-order valence-electron chi connectivity index (χ2n) is 6.44. The van der Waals surface area contributed by atoms with Crippen LogP contribution >= 0.6 is 8.18 Å². The number of fused-ring (bicyclic) bond motifs is 1. The third-order valence-corrected chi connectivity index (χ3v) is 5.34. The maximum absolute atomic E-state index is 13.5. The number of nitrogen functional groups attached to an aromatic ring is 1. The van der Waals surface area contributed by atoms with Gasteiger partial charge in [-0.15, -0.1) is 0 Å². The van der Waals surface area contributed by atoms with Crippen molar-refractivity contribution in [2.45, 2.75) is 6.04 Å². The Bertz CT molecular complexity index is 1100. The van der Waals surface area contributed by atoms with Gasteiger partial charge in [0, 0.05) is 17.1 Å². The average Bonchev–Trinajstić information content (AvgIpc) is 2.64. The van der Waals surface area contributed by atoms with E-state index in [1.165, 1.54) is 23.0 Å². The number of amides is 1. The van der Waals surface area contributed by atoms with Crippen LogP contribution in [0.3, 0.4) is 0 Å². The monoisotopic (exact) mass is 399 g/mol. The highest BCUT2D eigenvalue weighted by Gasteiger charge is 2.36. The van der Waals surface area contributed by atoms with E-state index >= 15 is 0 Å². The first-order valence-corrected chi connectivity index (χ1v) is 9.56. The predicted molar refractivity (Wildman–Crippen MR) is 99.8 cm³/mol. The molecule has 4 rings (SSSR count). The van der Waals surface area contributed by atoms with E-state index < -0.39 is 8.18 Å². The maximum Gasteiger partial charge on any atom is 0.411 e. The molecule has 2 aromatic heterocycles. The van der Waals surface area contributed by atoms with Crippen LogP contribution in [0, 0.1) is 5.82 Å². The molecule has 1 amide bonds. The number of hydrogen-bond donors (Lipinski definition) is 2. The van der Waals surface area contributed by atoms with Gasteiger partial charge in [0.1, 0.15) is 17.2 Å². The molecule has 10 heteroatoms. The molecule has 3 heterocycles. The summed E-state index contributed by atoms with van der Waals surface area (Å²) in [6, 6.07) is 9.12. The van der Waals surface area contributed by atoms with Crippen molar-refractivity contribution in [3.05, 3.63) is 54.0 Å². The quantitative estimate of drug-likeness (QED) is 0.636. The Hall–Kier alpha value is -3.00. The van der Waals surface area contributed by atoms with Crippen LogP contribution in [-0.2, 0) is 4.57 Å². The summed E-state index contributed by atoms with van der Waals surface area (Å²) in [5, 5.41) is 3.29. The summed E-state index contributed by atoms with van der Waals surface area (Å²) in [5.41, 5.74) is 7.65. The molecule has 0 aliphatic carbocycles. The molecule has 3 aromatic rings. The van der Waals surface area contributed by atoms with Crippen LogP contribution in [-0.4, -0.2) is 39.7 Å². The van der Waals surface area contributed by atoms with Gasteiger partial charge in [0.15, 0.2) is 0 Å². The first kappa shape index (κ1) is 18.4. The van der Waals surface area contributed by atoms with Crippen LogP contribution in [0.5, 0.6) is 0 Å². The Morgan fingerprint density at radius 2 is 2.11 bits per heavy atom. The zero-order valence-electron chi connectivity index (χ0n) is 14.5. The molecule has 0 saturated carbocycles. The summed E-state index contributed by atoms with van der Waals surface area (Å²) in [6.07, 6.45) is 1.36. The molecule has 1 fully saturated rings. The van der Waals surface area contributed by atoms with Crippen molar-refractivity contribution < 1.29 is 18.6 Å².